The summed E-state index contributed by atoms with van der Waals surface area (Å²) in [5, 5.41) is 19.4. The number of carbonyl (C=O) groups excluding carboxylic acids is 1. The lowest BCUT2D eigenvalue weighted by molar-refractivity contribution is 0.0600. The first-order chi connectivity index (χ1) is 9.51. The van der Waals surface area contributed by atoms with Crippen molar-refractivity contribution in [1.29, 1.82) is 0 Å². The zero-order chi connectivity index (χ0) is 14.7. The topological polar surface area (TPSA) is 76.0 Å². The summed E-state index contributed by atoms with van der Waals surface area (Å²) in [5.74, 6) is -1.13. The highest BCUT2D eigenvalue weighted by Crippen LogP contribution is 2.39. The Morgan fingerprint density at radius 1 is 1.15 bits per heavy atom. The van der Waals surface area contributed by atoms with E-state index in [9.17, 15) is 15.0 Å². The highest BCUT2D eigenvalue weighted by atomic mass is 79.9. The van der Waals surface area contributed by atoms with Gasteiger partial charge in [0, 0.05) is 4.47 Å². The van der Waals surface area contributed by atoms with Crippen molar-refractivity contribution in [1.82, 2.24) is 0 Å². The van der Waals surface area contributed by atoms with E-state index in [1.807, 2.05) is 0 Å². The van der Waals surface area contributed by atoms with Gasteiger partial charge in [0.05, 0.1) is 12.7 Å². The fourth-order valence-corrected chi connectivity index (χ4v) is 1.80. The van der Waals surface area contributed by atoms with Crippen LogP contribution < -0.4 is 4.74 Å². The third kappa shape index (κ3) is 3.03. The summed E-state index contributed by atoms with van der Waals surface area (Å²) in [5.41, 5.74) is 0.0786. The van der Waals surface area contributed by atoms with E-state index in [1.165, 1.54) is 13.2 Å². The second kappa shape index (κ2) is 5.83. The van der Waals surface area contributed by atoms with Gasteiger partial charge in [-0.2, -0.15) is 0 Å². The van der Waals surface area contributed by atoms with E-state index in [2.05, 4.69) is 20.7 Å². The van der Waals surface area contributed by atoms with Crippen molar-refractivity contribution < 1.29 is 24.5 Å². The lowest BCUT2D eigenvalue weighted by atomic mass is 10.2. The molecule has 0 saturated carbocycles. The molecule has 0 atom stereocenters. The third-order valence-electron chi connectivity index (χ3n) is 2.52. The first kappa shape index (κ1) is 14.2. The quantitative estimate of drug-likeness (QED) is 0.662. The number of benzene rings is 2. The van der Waals surface area contributed by atoms with Crippen LogP contribution in [-0.4, -0.2) is 23.3 Å². The molecule has 0 heterocycles. The Morgan fingerprint density at radius 3 is 2.40 bits per heavy atom. The molecule has 5 nitrogen and oxygen atoms in total. The molecule has 0 aliphatic rings. The number of aromatic hydroxyl groups is 2. The second-order valence-electron chi connectivity index (χ2n) is 3.89. The molecule has 2 rings (SSSR count). The van der Waals surface area contributed by atoms with E-state index in [0.717, 1.165) is 10.5 Å². The van der Waals surface area contributed by atoms with Gasteiger partial charge in [0.2, 0.25) is 5.75 Å². The van der Waals surface area contributed by atoms with Gasteiger partial charge >= 0.3 is 5.97 Å². The van der Waals surface area contributed by atoms with E-state index in [0.29, 0.717) is 5.75 Å². The van der Waals surface area contributed by atoms with E-state index in [4.69, 9.17) is 4.74 Å². The molecule has 0 aromatic heterocycles. The van der Waals surface area contributed by atoms with Crippen molar-refractivity contribution in [2.24, 2.45) is 0 Å². The van der Waals surface area contributed by atoms with E-state index >= 15 is 0 Å². The number of halogens is 1. The first-order valence-corrected chi connectivity index (χ1v) is 6.38. The third-order valence-corrected chi connectivity index (χ3v) is 3.05. The van der Waals surface area contributed by atoms with Gasteiger partial charge in [-0.25, -0.2) is 4.79 Å². The zero-order valence-corrected chi connectivity index (χ0v) is 12.0. The molecule has 2 N–H and O–H groups in total. The Balaban J connectivity index is 2.37. The molecule has 0 amide bonds. The molecular weight excluding hydrogens is 328 g/mol. The number of hydrogen-bond acceptors (Lipinski definition) is 5. The number of rotatable bonds is 3. The predicted molar refractivity (Wildman–Crippen MR) is 75.3 cm³/mol. The number of methoxy groups -OCH3 is 1. The normalized spacial score (nSPS) is 10.1. The summed E-state index contributed by atoms with van der Waals surface area (Å²) < 4.78 is 10.9. The van der Waals surface area contributed by atoms with Crippen LogP contribution in [-0.2, 0) is 4.74 Å². The van der Waals surface area contributed by atoms with Crippen LogP contribution in [0.3, 0.4) is 0 Å². The number of esters is 1. The van der Waals surface area contributed by atoms with E-state index < -0.39 is 17.5 Å². The maximum absolute atomic E-state index is 11.4. The van der Waals surface area contributed by atoms with Crippen molar-refractivity contribution in [2.45, 2.75) is 0 Å². The van der Waals surface area contributed by atoms with Gasteiger partial charge in [-0.3, -0.25) is 0 Å². The van der Waals surface area contributed by atoms with Crippen LogP contribution in [0.5, 0.6) is 23.0 Å². The molecule has 0 aliphatic carbocycles. The summed E-state index contributed by atoms with van der Waals surface area (Å²) in [6.07, 6.45) is 0. The van der Waals surface area contributed by atoms with Crippen LogP contribution >= 0.6 is 15.9 Å². The van der Waals surface area contributed by atoms with E-state index in [1.54, 1.807) is 24.3 Å². The van der Waals surface area contributed by atoms with Crippen molar-refractivity contribution in [3.05, 3.63) is 46.4 Å². The van der Waals surface area contributed by atoms with Gasteiger partial charge in [-0.15, -0.1) is 0 Å². The van der Waals surface area contributed by atoms with Crippen molar-refractivity contribution in [3.8, 4) is 23.0 Å². The molecule has 0 bridgehead atoms. The molecule has 0 aliphatic heterocycles. The Labute approximate surface area is 123 Å². The minimum Gasteiger partial charge on any atom is -0.504 e. The largest absolute Gasteiger partial charge is 0.504 e. The van der Waals surface area contributed by atoms with Crippen LogP contribution in [0.2, 0.25) is 0 Å². The average molecular weight is 339 g/mol. The minimum atomic E-state index is -0.638. The minimum absolute atomic E-state index is 0.0345. The highest BCUT2D eigenvalue weighted by molar-refractivity contribution is 9.10. The Kier molecular flexibility index (Phi) is 4.14. The standard InChI is InChI=1S/C14H11BrO5/c1-19-14(18)8-6-11(16)13(17)12(7-8)20-10-4-2-9(15)3-5-10/h2-7,16-17H,1H3. The fourth-order valence-electron chi connectivity index (χ4n) is 1.54. The summed E-state index contributed by atoms with van der Waals surface area (Å²) in [4.78, 5) is 11.4. The number of carbonyl (C=O) groups is 1. The molecule has 6 heteroatoms. The average Bonchev–Trinajstić information content (AvgIpc) is 2.45. The van der Waals surface area contributed by atoms with Gasteiger partial charge in [-0.05, 0) is 36.4 Å². The van der Waals surface area contributed by atoms with Gasteiger partial charge in [0.15, 0.2) is 11.5 Å². The SMILES string of the molecule is COC(=O)c1cc(O)c(O)c(Oc2ccc(Br)cc2)c1. The van der Waals surface area contributed by atoms with Crippen molar-refractivity contribution in [3.63, 3.8) is 0 Å². The molecule has 0 fully saturated rings. The highest BCUT2D eigenvalue weighted by Gasteiger charge is 2.16. The zero-order valence-electron chi connectivity index (χ0n) is 10.5. The first-order valence-electron chi connectivity index (χ1n) is 5.59. The molecule has 0 saturated heterocycles. The lowest BCUT2D eigenvalue weighted by Gasteiger charge is -2.10. The molecule has 104 valence electrons. The summed E-state index contributed by atoms with van der Waals surface area (Å²) in [6, 6.07) is 9.27. The number of phenols is 2. The monoisotopic (exact) mass is 338 g/mol. The molecule has 0 radical (unpaired) electrons. The van der Waals surface area contributed by atoms with Crippen molar-refractivity contribution >= 4 is 21.9 Å². The van der Waals surface area contributed by atoms with Gasteiger partial charge in [-0.1, -0.05) is 15.9 Å². The number of phenolic OH excluding ortho intramolecular Hbond substituents is 2. The molecule has 0 spiro atoms. The van der Waals surface area contributed by atoms with Crippen LogP contribution in [0, 0.1) is 0 Å². The van der Waals surface area contributed by atoms with Crippen LogP contribution in [0.25, 0.3) is 0 Å². The fraction of sp³-hybridized carbons (Fsp3) is 0.0714. The molecule has 0 unspecified atom stereocenters. The van der Waals surface area contributed by atoms with Gasteiger partial charge in [0.25, 0.3) is 0 Å². The van der Waals surface area contributed by atoms with Crippen molar-refractivity contribution in [2.75, 3.05) is 7.11 Å². The number of ether oxygens (including phenoxy) is 2. The summed E-state index contributed by atoms with van der Waals surface area (Å²) in [7, 11) is 1.22. The maximum Gasteiger partial charge on any atom is 0.338 e. The van der Waals surface area contributed by atoms with Gasteiger partial charge in [0.1, 0.15) is 5.75 Å². The smallest absolute Gasteiger partial charge is 0.338 e. The Morgan fingerprint density at radius 2 is 1.80 bits per heavy atom. The Bertz CT molecular complexity index is 637. The van der Waals surface area contributed by atoms with Crippen LogP contribution in [0.4, 0.5) is 0 Å². The second-order valence-corrected chi connectivity index (χ2v) is 4.81. The molecular formula is C14H11BrO5. The van der Waals surface area contributed by atoms with Crippen LogP contribution in [0.15, 0.2) is 40.9 Å². The molecule has 2 aromatic carbocycles. The Hall–Kier alpha value is -2.21. The molecule has 2 aromatic rings. The van der Waals surface area contributed by atoms with E-state index in [-0.39, 0.29) is 11.3 Å². The lowest BCUT2D eigenvalue weighted by Crippen LogP contribution is -2.01. The number of hydrogen-bond donors (Lipinski definition) is 2. The van der Waals surface area contributed by atoms with Gasteiger partial charge < -0.3 is 19.7 Å². The summed E-state index contributed by atoms with van der Waals surface area (Å²) in [6.45, 7) is 0. The summed E-state index contributed by atoms with van der Waals surface area (Å²) >= 11 is 3.29. The molecule has 20 heavy (non-hydrogen) atoms. The van der Waals surface area contributed by atoms with Crippen LogP contribution in [0.1, 0.15) is 10.4 Å². The maximum atomic E-state index is 11.4. The predicted octanol–water partition coefficient (Wildman–Crippen LogP) is 3.44.